The number of carbonyl (C=O) groups excluding carboxylic acids is 1. The van der Waals surface area contributed by atoms with Crippen molar-refractivity contribution in [3.05, 3.63) is 59.7 Å². The van der Waals surface area contributed by atoms with E-state index in [9.17, 15) is 4.79 Å². The summed E-state index contributed by atoms with van der Waals surface area (Å²) >= 11 is 0. The van der Waals surface area contributed by atoms with Crippen molar-refractivity contribution in [3.8, 4) is 11.3 Å². The molecule has 2 aromatic carbocycles. The smallest absolute Gasteiger partial charge is 0.150 e. The fourth-order valence-corrected chi connectivity index (χ4v) is 2.08. The first kappa shape index (κ1) is 11.7. The van der Waals surface area contributed by atoms with Crippen LogP contribution in [0.4, 0.5) is 0 Å². The molecule has 0 aliphatic carbocycles. The maximum absolute atomic E-state index is 10.8. The topological polar surface area (TPSA) is 56.2 Å². The van der Waals surface area contributed by atoms with Crippen LogP contribution in [0.2, 0.25) is 0 Å². The van der Waals surface area contributed by atoms with Crippen LogP contribution in [0.15, 0.2) is 52.9 Å². The average molecular weight is 251 g/mol. The number of carbonyl (C=O) groups is 1. The maximum Gasteiger partial charge on any atom is 0.150 e. The van der Waals surface area contributed by atoms with Crippen molar-refractivity contribution in [1.82, 2.24) is 0 Å². The summed E-state index contributed by atoms with van der Waals surface area (Å²) in [5, 5.41) is 0.933. The molecule has 0 spiro atoms. The third-order valence-corrected chi connectivity index (χ3v) is 3.15. The van der Waals surface area contributed by atoms with Crippen LogP contribution in [-0.2, 0) is 6.54 Å². The average Bonchev–Trinajstić information content (AvgIpc) is 2.90. The van der Waals surface area contributed by atoms with Gasteiger partial charge in [-0.2, -0.15) is 0 Å². The third-order valence-electron chi connectivity index (χ3n) is 3.15. The molecule has 1 heterocycles. The number of hydrogen-bond acceptors (Lipinski definition) is 3. The van der Waals surface area contributed by atoms with E-state index in [-0.39, 0.29) is 0 Å². The largest absolute Gasteiger partial charge is 0.456 e. The first-order valence-electron chi connectivity index (χ1n) is 6.08. The molecule has 0 radical (unpaired) electrons. The number of benzene rings is 2. The third kappa shape index (κ3) is 2.16. The van der Waals surface area contributed by atoms with Crippen molar-refractivity contribution in [2.45, 2.75) is 6.54 Å². The number of furan rings is 1. The lowest BCUT2D eigenvalue weighted by atomic mass is 10.1. The summed E-state index contributed by atoms with van der Waals surface area (Å²) in [6.07, 6.45) is 0.835. The van der Waals surface area contributed by atoms with E-state index >= 15 is 0 Å². The Balaban J connectivity index is 2.06. The quantitative estimate of drug-likeness (QED) is 0.726. The lowest BCUT2D eigenvalue weighted by molar-refractivity contribution is 0.112. The highest BCUT2D eigenvalue weighted by molar-refractivity contribution is 5.88. The Morgan fingerprint density at radius 3 is 2.53 bits per heavy atom. The van der Waals surface area contributed by atoms with Gasteiger partial charge in [-0.1, -0.05) is 24.3 Å². The molecule has 0 saturated carbocycles. The molecule has 0 atom stereocenters. The second-order valence-corrected chi connectivity index (χ2v) is 4.43. The molecule has 0 amide bonds. The monoisotopic (exact) mass is 251 g/mol. The molecule has 3 rings (SSSR count). The summed E-state index contributed by atoms with van der Waals surface area (Å²) < 4.78 is 5.78. The van der Waals surface area contributed by atoms with Gasteiger partial charge in [0.1, 0.15) is 17.6 Å². The lowest BCUT2D eigenvalue weighted by Crippen LogP contribution is -1.94. The lowest BCUT2D eigenvalue weighted by Gasteiger charge is -1.98. The van der Waals surface area contributed by atoms with Crippen molar-refractivity contribution in [2.75, 3.05) is 0 Å². The van der Waals surface area contributed by atoms with Gasteiger partial charge in [-0.05, 0) is 29.8 Å². The second-order valence-electron chi connectivity index (χ2n) is 4.43. The molecule has 19 heavy (non-hydrogen) atoms. The van der Waals surface area contributed by atoms with Gasteiger partial charge >= 0.3 is 0 Å². The highest BCUT2D eigenvalue weighted by Crippen LogP contribution is 2.28. The molecular formula is C16H13NO2. The minimum absolute atomic E-state index is 0.531. The molecule has 0 aliphatic rings. The van der Waals surface area contributed by atoms with E-state index in [1.807, 2.05) is 42.5 Å². The van der Waals surface area contributed by atoms with Crippen molar-refractivity contribution >= 4 is 17.3 Å². The van der Waals surface area contributed by atoms with E-state index in [2.05, 4.69) is 0 Å². The van der Waals surface area contributed by atoms with E-state index in [1.54, 1.807) is 6.07 Å². The molecule has 0 aliphatic heterocycles. The van der Waals surface area contributed by atoms with Crippen molar-refractivity contribution in [1.29, 1.82) is 0 Å². The Kier molecular flexibility index (Phi) is 2.89. The standard InChI is InChI=1S/C16H13NO2/c17-9-11-1-4-13(5-2-11)16-8-14-7-12(10-18)3-6-15(14)19-16/h1-8,10H,9,17H2. The van der Waals surface area contributed by atoms with Crippen LogP contribution in [0.3, 0.4) is 0 Å². The Hall–Kier alpha value is -2.39. The summed E-state index contributed by atoms with van der Waals surface area (Å²) in [6.45, 7) is 0.531. The number of fused-ring (bicyclic) bond motifs is 1. The highest BCUT2D eigenvalue weighted by Gasteiger charge is 2.06. The first-order chi connectivity index (χ1) is 9.30. The second kappa shape index (κ2) is 4.71. The first-order valence-corrected chi connectivity index (χ1v) is 6.08. The zero-order chi connectivity index (χ0) is 13.2. The van der Waals surface area contributed by atoms with Crippen LogP contribution in [0.5, 0.6) is 0 Å². The van der Waals surface area contributed by atoms with Gasteiger partial charge in [0.15, 0.2) is 0 Å². The molecule has 0 unspecified atom stereocenters. The van der Waals surface area contributed by atoms with Gasteiger partial charge in [-0.25, -0.2) is 0 Å². The van der Waals surface area contributed by atoms with Gasteiger partial charge in [-0.3, -0.25) is 4.79 Å². The molecule has 94 valence electrons. The summed E-state index contributed by atoms with van der Waals surface area (Å²) in [7, 11) is 0. The number of hydrogen-bond donors (Lipinski definition) is 1. The Morgan fingerprint density at radius 1 is 1.05 bits per heavy atom. The molecule has 3 nitrogen and oxygen atoms in total. The highest BCUT2D eigenvalue weighted by atomic mass is 16.3. The summed E-state index contributed by atoms with van der Waals surface area (Å²) in [4.78, 5) is 10.8. The van der Waals surface area contributed by atoms with Crippen LogP contribution in [0, 0.1) is 0 Å². The Morgan fingerprint density at radius 2 is 1.84 bits per heavy atom. The molecule has 0 saturated heterocycles. The van der Waals surface area contributed by atoms with E-state index in [0.717, 1.165) is 34.1 Å². The summed E-state index contributed by atoms with van der Waals surface area (Å²) in [5.74, 6) is 0.793. The van der Waals surface area contributed by atoms with Crippen molar-refractivity contribution < 1.29 is 9.21 Å². The minimum atomic E-state index is 0.531. The molecule has 0 bridgehead atoms. The zero-order valence-corrected chi connectivity index (χ0v) is 10.3. The van der Waals surface area contributed by atoms with Crippen molar-refractivity contribution in [2.24, 2.45) is 5.73 Å². The summed E-state index contributed by atoms with van der Waals surface area (Å²) in [6, 6.07) is 15.3. The number of nitrogens with two attached hydrogens (primary N) is 1. The van der Waals surface area contributed by atoms with Crippen LogP contribution in [-0.4, -0.2) is 6.29 Å². The number of aldehydes is 1. The molecule has 3 aromatic rings. The SMILES string of the molecule is NCc1ccc(-c2cc3cc(C=O)ccc3o2)cc1. The fraction of sp³-hybridized carbons (Fsp3) is 0.0625. The molecule has 3 heteroatoms. The molecule has 0 fully saturated rings. The van der Waals surface area contributed by atoms with Crippen molar-refractivity contribution in [3.63, 3.8) is 0 Å². The Bertz CT molecular complexity index is 726. The van der Waals surface area contributed by atoms with Crippen LogP contribution >= 0.6 is 0 Å². The van der Waals surface area contributed by atoms with Gasteiger partial charge < -0.3 is 10.2 Å². The predicted octanol–water partition coefficient (Wildman–Crippen LogP) is 3.37. The normalized spacial score (nSPS) is 10.8. The summed E-state index contributed by atoms with van der Waals surface area (Å²) in [5.41, 5.74) is 9.09. The van der Waals surface area contributed by atoms with E-state index < -0.39 is 0 Å². The Labute approximate surface area is 110 Å². The van der Waals surface area contributed by atoms with E-state index in [4.69, 9.17) is 10.2 Å². The van der Waals surface area contributed by atoms with Gasteiger partial charge in [0.25, 0.3) is 0 Å². The van der Waals surface area contributed by atoms with Crippen LogP contribution in [0.25, 0.3) is 22.3 Å². The minimum Gasteiger partial charge on any atom is -0.456 e. The van der Waals surface area contributed by atoms with Crippen LogP contribution in [0.1, 0.15) is 15.9 Å². The van der Waals surface area contributed by atoms with Gasteiger partial charge in [0.2, 0.25) is 0 Å². The molecular weight excluding hydrogens is 238 g/mol. The maximum atomic E-state index is 10.8. The zero-order valence-electron chi connectivity index (χ0n) is 10.3. The molecule has 2 N–H and O–H groups in total. The fourth-order valence-electron chi connectivity index (χ4n) is 2.08. The number of rotatable bonds is 3. The van der Waals surface area contributed by atoms with E-state index in [1.165, 1.54) is 0 Å². The molecule has 1 aromatic heterocycles. The predicted molar refractivity (Wildman–Crippen MR) is 74.9 cm³/mol. The van der Waals surface area contributed by atoms with Gasteiger partial charge in [0.05, 0.1) is 0 Å². The van der Waals surface area contributed by atoms with Gasteiger partial charge in [0, 0.05) is 23.1 Å². The van der Waals surface area contributed by atoms with Crippen LogP contribution < -0.4 is 5.73 Å². The van der Waals surface area contributed by atoms with Gasteiger partial charge in [-0.15, -0.1) is 0 Å². The van der Waals surface area contributed by atoms with E-state index in [0.29, 0.717) is 12.1 Å².